The molecule has 0 spiro atoms. The molecule has 2 aliphatic heterocycles. The van der Waals surface area contributed by atoms with E-state index in [1.807, 2.05) is 12.1 Å². The lowest BCUT2D eigenvalue weighted by atomic mass is 9.69. The van der Waals surface area contributed by atoms with E-state index in [1.54, 1.807) is 18.0 Å². The van der Waals surface area contributed by atoms with Gasteiger partial charge in [0.2, 0.25) is 11.8 Å². The maximum atomic E-state index is 13.6. The molecule has 9 nitrogen and oxygen atoms in total. The molecule has 4 heterocycles. The number of thiazole rings is 1. The fourth-order valence-electron chi connectivity index (χ4n) is 6.78. The number of hydrogen-bond donors (Lipinski definition) is 1. The summed E-state index contributed by atoms with van der Waals surface area (Å²) >= 11 is 2.81. The van der Waals surface area contributed by atoms with Gasteiger partial charge in [-0.3, -0.25) is 29.4 Å². The summed E-state index contributed by atoms with van der Waals surface area (Å²) in [6.07, 6.45) is 2.41. The summed E-state index contributed by atoms with van der Waals surface area (Å²) in [5.41, 5.74) is 0.281. The number of aromatic nitrogens is 1. The van der Waals surface area contributed by atoms with Crippen molar-refractivity contribution in [2.45, 2.75) is 22.6 Å². The zero-order valence-electron chi connectivity index (χ0n) is 17.5. The van der Waals surface area contributed by atoms with Crippen molar-refractivity contribution in [2.75, 3.05) is 4.90 Å². The average Bonchev–Trinajstić information content (AvgIpc) is 3.61. The van der Waals surface area contributed by atoms with Gasteiger partial charge in [-0.25, -0.2) is 0 Å². The van der Waals surface area contributed by atoms with E-state index in [4.69, 9.17) is 4.42 Å². The lowest BCUT2D eigenvalue weighted by Crippen LogP contribution is -2.42. The zero-order chi connectivity index (χ0) is 23.3. The highest BCUT2D eigenvalue weighted by Crippen LogP contribution is 2.68. The molecule has 1 N–H and O–H groups in total. The summed E-state index contributed by atoms with van der Waals surface area (Å²) in [6.45, 7) is 0. The van der Waals surface area contributed by atoms with Gasteiger partial charge in [0.05, 0.1) is 44.5 Å². The number of amides is 2. The Morgan fingerprint density at radius 2 is 1.79 bits per heavy atom. The van der Waals surface area contributed by atoms with Crippen LogP contribution in [0.3, 0.4) is 0 Å². The minimum absolute atomic E-state index is 0.00699. The number of H-pyrrole nitrogens is 1. The van der Waals surface area contributed by atoms with Crippen LogP contribution in [-0.2, 0) is 9.59 Å². The minimum atomic E-state index is -0.508. The smallest absolute Gasteiger partial charge is 0.305 e. The van der Waals surface area contributed by atoms with Gasteiger partial charge in [-0.15, -0.1) is 11.8 Å². The van der Waals surface area contributed by atoms with Gasteiger partial charge in [0.15, 0.2) is 0 Å². The van der Waals surface area contributed by atoms with Crippen LogP contribution in [0.15, 0.2) is 56.9 Å². The Bertz CT molecular complexity index is 1410. The van der Waals surface area contributed by atoms with E-state index in [0.29, 0.717) is 5.69 Å². The van der Waals surface area contributed by atoms with E-state index < -0.39 is 16.8 Å². The molecule has 172 valence electrons. The third-order valence-corrected chi connectivity index (χ3v) is 10.5. The third kappa shape index (κ3) is 2.53. The number of imide groups is 1. The van der Waals surface area contributed by atoms with Crippen LogP contribution in [0, 0.1) is 39.7 Å². The van der Waals surface area contributed by atoms with Crippen LogP contribution < -0.4 is 9.77 Å². The van der Waals surface area contributed by atoms with Crippen molar-refractivity contribution in [1.29, 1.82) is 0 Å². The highest BCUT2D eigenvalue weighted by atomic mass is 32.2. The van der Waals surface area contributed by atoms with Crippen LogP contribution >= 0.6 is 23.1 Å². The van der Waals surface area contributed by atoms with E-state index in [1.165, 1.54) is 40.5 Å². The van der Waals surface area contributed by atoms with Gasteiger partial charge in [0.1, 0.15) is 5.76 Å². The number of nitro benzene ring substituents is 1. The predicted octanol–water partition coefficient (Wildman–Crippen LogP) is 3.62. The van der Waals surface area contributed by atoms with Gasteiger partial charge in [-0.1, -0.05) is 11.3 Å². The second kappa shape index (κ2) is 6.92. The normalized spacial score (nSPS) is 33.2. The molecule has 1 saturated heterocycles. The summed E-state index contributed by atoms with van der Waals surface area (Å²) in [7, 11) is 0. The molecule has 0 radical (unpaired) electrons. The second-order valence-electron chi connectivity index (χ2n) is 9.26. The minimum Gasteiger partial charge on any atom is -0.469 e. The van der Waals surface area contributed by atoms with E-state index >= 15 is 0 Å². The zero-order valence-corrected chi connectivity index (χ0v) is 19.1. The molecule has 2 aliphatic carbocycles. The number of nitro groups is 1. The monoisotopic (exact) mass is 495 g/mol. The largest absolute Gasteiger partial charge is 0.469 e. The quantitative estimate of drug-likeness (QED) is 0.334. The van der Waals surface area contributed by atoms with E-state index in [0.717, 1.165) is 22.1 Å². The molecule has 2 amide bonds. The summed E-state index contributed by atoms with van der Waals surface area (Å²) < 4.78 is 5.80. The molecule has 2 aromatic heterocycles. The fraction of sp³-hybridized carbons (Fsp3) is 0.348. The highest BCUT2D eigenvalue weighted by Gasteiger charge is 2.70. The van der Waals surface area contributed by atoms with Gasteiger partial charge in [0.25, 0.3) is 5.69 Å². The maximum Gasteiger partial charge on any atom is 0.305 e. The van der Waals surface area contributed by atoms with Crippen LogP contribution in [0.4, 0.5) is 11.4 Å². The predicted molar refractivity (Wildman–Crippen MR) is 123 cm³/mol. The number of rotatable bonds is 3. The molecule has 2 saturated carbocycles. The number of non-ortho nitro benzene ring substituents is 1. The van der Waals surface area contributed by atoms with Crippen molar-refractivity contribution < 1.29 is 18.9 Å². The Hall–Kier alpha value is -3.18. The standard InChI is InChI=1S/C23H17N3O6S2/c27-21-15-11-8-12(16(15)22(28)25(21)9-3-5-10(6-4-9)26(30)31)18-14(11)17(13-2-1-7-32-13)19-20(33-18)24-23(29)34-19/h1-7,11-12,14-18H,8H2,(H,24,29)/t11-,12-,14+,15+,16+,17+,18-/m1/s1. The van der Waals surface area contributed by atoms with Crippen molar-refractivity contribution in [3.63, 3.8) is 0 Å². The molecule has 4 aliphatic rings. The molecule has 2 bridgehead atoms. The summed E-state index contributed by atoms with van der Waals surface area (Å²) in [6, 6.07) is 9.31. The molecule has 7 rings (SSSR count). The molecule has 11 heteroatoms. The molecule has 0 unspecified atom stereocenters. The number of carbonyl (C=O) groups excluding carboxylic acids is 2. The third-order valence-electron chi connectivity index (χ3n) is 7.89. The first-order valence-electron chi connectivity index (χ1n) is 11.0. The fourth-order valence-corrected chi connectivity index (χ4v) is 9.65. The summed E-state index contributed by atoms with van der Waals surface area (Å²) in [5.74, 6) is -0.566. The van der Waals surface area contributed by atoms with E-state index in [2.05, 4.69) is 4.98 Å². The molecular weight excluding hydrogens is 478 g/mol. The lowest BCUT2D eigenvalue weighted by molar-refractivity contribution is -0.384. The molecule has 3 fully saturated rings. The Labute approximate surface area is 200 Å². The van der Waals surface area contributed by atoms with Crippen molar-refractivity contribution >= 4 is 46.3 Å². The highest BCUT2D eigenvalue weighted by molar-refractivity contribution is 8.00. The maximum absolute atomic E-state index is 13.6. The number of nitrogens with zero attached hydrogens (tertiary/aromatic N) is 2. The topological polar surface area (TPSA) is 127 Å². The number of thioether (sulfide) groups is 1. The molecule has 3 aromatic rings. The summed E-state index contributed by atoms with van der Waals surface area (Å²) in [4.78, 5) is 54.8. The number of benzene rings is 1. The Balaban J connectivity index is 1.29. The molecule has 1 aromatic carbocycles. The first-order valence-corrected chi connectivity index (χ1v) is 12.7. The van der Waals surface area contributed by atoms with Gasteiger partial charge in [0, 0.05) is 17.4 Å². The average molecular weight is 496 g/mol. The Morgan fingerprint density at radius 3 is 2.47 bits per heavy atom. The van der Waals surface area contributed by atoms with Crippen LogP contribution in [0.1, 0.15) is 23.0 Å². The molecule has 34 heavy (non-hydrogen) atoms. The Kier molecular flexibility index (Phi) is 4.12. The summed E-state index contributed by atoms with van der Waals surface area (Å²) in [5, 5.41) is 11.9. The molecule has 7 atom stereocenters. The van der Waals surface area contributed by atoms with Crippen LogP contribution in [-0.4, -0.2) is 27.0 Å². The SMILES string of the molecule is O=C1[C@H]2[C@H]3C[C@@H]([C@@H]2C(=O)N1c1ccc([N+](=O)[O-])cc1)[C@H]1[C@H](c2ccco2)c2sc(=O)[nH]c2S[C@H]31. The first-order chi connectivity index (χ1) is 16.4. The van der Waals surface area contributed by atoms with Gasteiger partial charge in [-0.2, -0.15) is 0 Å². The van der Waals surface area contributed by atoms with Crippen molar-refractivity contribution in [1.82, 2.24) is 4.98 Å². The van der Waals surface area contributed by atoms with Gasteiger partial charge < -0.3 is 9.40 Å². The van der Waals surface area contributed by atoms with Crippen LogP contribution in [0.5, 0.6) is 0 Å². The van der Waals surface area contributed by atoms with Crippen molar-refractivity contribution in [3.8, 4) is 0 Å². The van der Waals surface area contributed by atoms with Crippen molar-refractivity contribution in [3.05, 3.63) is 73.1 Å². The van der Waals surface area contributed by atoms with Gasteiger partial charge >= 0.3 is 4.87 Å². The van der Waals surface area contributed by atoms with Crippen LogP contribution in [0.2, 0.25) is 0 Å². The second-order valence-corrected chi connectivity index (χ2v) is 11.5. The number of anilines is 1. The first kappa shape index (κ1) is 20.2. The number of fused-ring (bicyclic) bond motifs is 9. The lowest BCUT2D eigenvalue weighted by Gasteiger charge is -2.42. The number of hydrogen-bond acceptors (Lipinski definition) is 8. The number of carbonyl (C=O) groups is 2. The number of furan rings is 1. The van der Waals surface area contributed by atoms with Gasteiger partial charge in [-0.05, 0) is 48.4 Å². The number of nitrogens with one attached hydrogen (secondary N) is 1. The molecular formula is C23H17N3O6S2. The van der Waals surface area contributed by atoms with Crippen molar-refractivity contribution in [2.24, 2.45) is 29.6 Å². The Morgan fingerprint density at radius 1 is 1.06 bits per heavy atom. The van der Waals surface area contributed by atoms with E-state index in [9.17, 15) is 24.5 Å². The number of aromatic amines is 1. The van der Waals surface area contributed by atoms with E-state index in [-0.39, 0.29) is 51.3 Å². The van der Waals surface area contributed by atoms with Crippen LogP contribution in [0.25, 0.3) is 0 Å².